The molecule has 104 valence electrons. The van der Waals surface area contributed by atoms with Crippen LogP contribution in [0.3, 0.4) is 0 Å². The second-order valence-electron chi connectivity index (χ2n) is 4.50. The number of hydrogen-bond donors (Lipinski definition) is 2. The Kier molecular flexibility index (Phi) is 6.49. The van der Waals surface area contributed by atoms with Gasteiger partial charge in [0.15, 0.2) is 0 Å². The molecule has 0 aromatic rings. The summed E-state index contributed by atoms with van der Waals surface area (Å²) in [4.78, 5) is 22.5. The van der Waals surface area contributed by atoms with E-state index in [2.05, 4.69) is 10.1 Å². The molecule has 18 heavy (non-hydrogen) atoms. The zero-order valence-electron chi connectivity index (χ0n) is 10.8. The fraction of sp³-hybridized carbons (Fsp3) is 0.833. The molecule has 6 heteroatoms. The van der Waals surface area contributed by atoms with Gasteiger partial charge in [0, 0.05) is 17.9 Å². The van der Waals surface area contributed by atoms with Gasteiger partial charge in [-0.3, -0.25) is 4.79 Å². The summed E-state index contributed by atoms with van der Waals surface area (Å²) in [5.41, 5.74) is 0. The number of amides is 1. The van der Waals surface area contributed by atoms with Crippen molar-refractivity contribution in [1.29, 1.82) is 0 Å². The van der Waals surface area contributed by atoms with E-state index in [4.69, 9.17) is 0 Å². The zero-order chi connectivity index (χ0) is 13.5. The maximum Gasteiger partial charge on any atom is 0.329 e. The van der Waals surface area contributed by atoms with E-state index in [0.717, 1.165) is 25.7 Å². The van der Waals surface area contributed by atoms with Gasteiger partial charge in [-0.25, -0.2) is 4.79 Å². The van der Waals surface area contributed by atoms with E-state index in [1.807, 2.05) is 0 Å². The Hall–Kier alpha value is -0.750. The topological polar surface area (TPSA) is 75.6 Å². The van der Waals surface area contributed by atoms with E-state index >= 15 is 0 Å². The molecule has 0 bridgehead atoms. The number of hydrogen-bond acceptors (Lipinski definition) is 5. The molecule has 1 unspecified atom stereocenters. The van der Waals surface area contributed by atoms with Crippen LogP contribution >= 0.6 is 11.8 Å². The van der Waals surface area contributed by atoms with Gasteiger partial charge in [-0.1, -0.05) is 12.8 Å². The molecule has 0 radical (unpaired) electrons. The summed E-state index contributed by atoms with van der Waals surface area (Å²) in [6.07, 6.45) is 3.64. The van der Waals surface area contributed by atoms with Gasteiger partial charge in [0.05, 0.1) is 13.2 Å². The lowest BCUT2D eigenvalue weighted by Gasteiger charge is -2.28. The van der Waals surface area contributed by atoms with Crippen LogP contribution in [-0.2, 0) is 14.3 Å². The number of carbonyl (C=O) groups is 2. The molecule has 1 amide bonds. The average Bonchev–Trinajstić information content (AvgIpc) is 2.34. The van der Waals surface area contributed by atoms with Crippen molar-refractivity contribution < 1.29 is 19.4 Å². The zero-order valence-corrected chi connectivity index (χ0v) is 11.7. The smallest absolute Gasteiger partial charge is 0.329 e. The molecule has 0 aromatic carbocycles. The number of nitrogens with one attached hydrogen (secondary N) is 1. The standard InChI is InChI=1S/C12H21NO4S/c1-8(14)13-9(12(16)17-2)7-18-11-6-4-3-5-10(11)15/h9-11,15H,3-7H2,1-2H3,(H,13,14)/t9?,10-,11+/m0/s1. The molecule has 1 fully saturated rings. The Morgan fingerprint density at radius 1 is 1.44 bits per heavy atom. The van der Waals surface area contributed by atoms with Gasteiger partial charge >= 0.3 is 5.97 Å². The number of carbonyl (C=O) groups excluding carboxylic acids is 2. The number of esters is 1. The van der Waals surface area contributed by atoms with Gasteiger partial charge < -0.3 is 15.2 Å². The predicted molar refractivity (Wildman–Crippen MR) is 70.3 cm³/mol. The summed E-state index contributed by atoms with van der Waals surface area (Å²) in [6.45, 7) is 1.37. The minimum atomic E-state index is -0.633. The van der Waals surface area contributed by atoms with E-state index in [1.165, 1.54) is 25.8 Å². The van der Waals surface area contributed by atoms with Crippen molar-refractivity contribution in [2.75, 3.05) is 12.9 Å². The third-order valence-electron chi connectivity index (χ3n) is 3.01. The predicted octanol–water partition coefficient (Wildman–Crippen LogP) is 0.701. The average molecular weight is 275 g/mol. The maximum atomic E-state index is 11.5. The van der Waals surface area contributed by atoms with Crippen LogP contribution in [-0.4, -0.2) is 47.2 Å². The minimum absolute atomic E-state index is 0.152. The third kappa shape index (κ3) is 4.86. The first-order valence-corrected chi connectivity index (χ1v) is 7.24. The van der Waals surface area contributed by atoms with E-state index in [9.17, 15) is 14.7 Å². The van der Waals surface area contributed by atoms with Gasteiger partial charge in [-0.05, 0) is 12.8 Å². The molecule has 1 aliphatic carbocycles. The van der Waals surface area contributed by atoms with Crippen LogP contribution in [0.5, 0.6) is 0 Å². The van der Waals surface area contributed by atoms with Crippen molar-refractivity contribution in [1.82, 2.24) is 5.32 Å². The third-order valence-corrected chi connectivity index (χ3v) is 4.51. The van der Waals surface area contributed by atoms with Crippen LogP contribution < -0.4 is 5.32 Å². The molecule has 3 atom stereocenters. The SMILES string of the molecule is COC(=O)C(CS[C@@H]1CCCC[C@@H]1O)NC(C)=O. The van der Waals surface area contributed by atoms with Crippen LogP contribution in [0.4, 0.5) is 0 Å². The van der Waals surface area contributed by atoms with Gasteiger partial charge in [0.1, 0.15) is 6.04 Å². The van der Waals surface area contributed by atoms with Crippen LogP contribution in [0, 0.1) is 0 Å². The Labute approximate surface area is 112 Å². The lowest BCUT2D eigenvalue weighted by Crippen LogP contribution is -2.43. The van der Waals surface area contributed by atoms with Crippen molar-refractivity contribution >= 4 is 23.6 Å². The minimum Gasteiger partial charge on any atom is -0.467 e. The van der Waals surface area contributed by atoms with E-state index < -0.39 is 12.0 Å². The molecular weight excluding hydrogens is 254 g/mol. The Balaban J connectivity index is 2.45. The van der Waals surface area contributed by atoms with Crippen molar-refractivity contribution in [2.45, 2.75) is 50.0 Å². The molecule has 1 saturated carbocycles. The highest BCUT2D eigenvalue weighted by Gasteiger charge is 2.27. The van der Waals surface area contributed by atoms with Gasteiger partial charge in [-0.15, -0.1) is 0 Å². The number of methoxy groups -OCH3 is 1. The van der Waals surface area contributed by atoms with Gasteiger partial charge in [0.2, 0.25) is 5.91 Å². The fourth-order valence-corrected chi connectivity index (χ4v) is 3.40. The Morgan fingerprint density at radius 3 is 2.67 bits per heavy atom. The summed E-state index contributed by atoms with van der Waals surface area (Å²) in [5.74, 6) is -0.258. The maximum absolute atomic E-state index is 11.5. The first kappa shape index (κ1) is 15.3. The van der Waals surface area contributed by atoms with Crippen molar-refractivity contribution in [3.63, 3.8) is 0 Å². The molecule has 0 aromatic heterocycles. The number of ether oxygens (including phenoxy) is 1. The Bertz CT molecular complexity index is 298. The first-order chi connectivity index (χ1) is 8.54. The summed E-state index contributed by atoms with van der Waals surface area (Å²) in [6, 6.07) is -0.633. The van der Waals surface area contributed by atoms with Crippen LogP contribution in [0.15, 0.2) is 0 Å². The fourth-order valence-electron chi connectivity index (χ4n) is 2.05. The lowest BCUT2D eigenvalue weighted by molar-refractivity contribution is -0.144. The molecule has 0 heterocycles. The summed E-state index contributed by atoms with van der Waals surface area (Å²) in [7, 11) is 1.30. The molecule has 5 nitrogen and oxygen atoms in total. The first-order valence-electron chi connectivity index (χ1n) is 6.19. The molecule has 0 aliphatic heterocycles. The van der Waals surface area contributed by atoms with Crippen LogP contribution in [0.2, 0.25) is 0 Å². The highest BCUT2D eigenvalue weighted by atomic mass is 32.2. The monoisotopic (exact) mass is 275 g/mol. The summed E-state index contributed by atoms with van der Waals surface area (Å²) >= 11 is 1.53. The largest absolute Gasteiger partial charge is 0.467 e. The number of thioether (sulfide) groups is 1. The normalized spacial score (nSPS) is 25.3. The number of aliphatic hydroxyl groups is 1. The molecule has 1 rings (SSSR count). The second kappa shape index (κ2) is 7.63. The molecule has 2 N–H and O–H groups in total. The highest BCUT2D eigenvalue weighted by Crippen LogP contribution is 2.29. The quantitative estimate of drug-likeness (QED) is 0.722. The van der Waals surface area contributed by atoms with Gasteiger partial charge in [-0.2, -0.15) is 11.8 Å². The molecule has 0 spiro atoms. The van der Waals surface area contributed by atoms with Crippen LogP contribution in [0.1, 0.15) is 32.6 Å². The Morgan fingerprint density at radius 2 is 2.11 bits per heavy atom. The summed E-state index contributed by atoms with van der Waals surface area (Å²) < 4.78 is 4.65. The van der Waals surface area contributed by atoms with E-state index in [-0.39, 0.29) is 17.3 Å². The van der Waals surface area contributed by atoms with Crippen molar-refractivity contribution in [3.8, 4) is 0 Å². The lowest BCUT2D eigenvalue weighted by atomic mass is 9.97. The van der Waals surface area contributed by atoms with Crippen molar-refractivity contribution in [2.24, 2.45) is 0 Å². The number of rotatable bonds is 5. The highest BCUT2D eigenvalue weighted by molar-refractivity contribution is 8.00. The molecule has 1 aliphatic rings. The van der Waals surface area contributed by atoms with Gasteiger partial charge in [0.25, 0.3) is 0 Å². The van der Waals surface area contributed by atoms with Crippen molar-refractivity contribution in [3.05, 3.63) is 0 Å². The molecular formula is C12H21NO4S. The number of aliphatic hydroxyl groups excluding tert-OH is 1. The molecule has 0 saturated heterocycles. The van der Waals surface area contributed by atoms with Crippen LogP contribution in [0.25, 0.3) is 0 Å². The van der Waals surface area contributed by atoms with E-state index in [0.29, 0.717) is 5.75 Å². The second-order valence-corrected chi connectivity index (χ2v) is 5.77. The summed E-state index contributed by atoms with van der Waals surface area (Å²) in [5, 5.41) is 12.6. The van der Waals surface area contributed by atoms with E-state index in [1.54, 1.807) is 0 Å².